The molecule has 0 atom stereocenters. The number of aromatic amines is 1. The standard InChI is InChI=1S/C21H24N4O4S/c1-5-22-30(27,28)20-11-15(7-9-19(20)29-4)17-12-18(25-24-17)21(26)23-16-8-6-13(2)14(3)10-16/h6-12,22H,5H2,1-4H3,(H,23,26)(H,24,25). The SMILES string of the molecule is CCNS(=O)(=O)c1cc(-c2cc(C(=O)Nc3ccc(C)c(C)c3)[nH]n2)ccc1OC. The lowest BCUT2D eigenvalue weighted by molar-refractivity contribution is 0.102. The molecule has 1 aromatic heterocycles. The van der Waals surface area contributed by atoms with E-state index in [2.05, 4.69) is 20.2 Å². The van der Waals surface area contributed by atoms with E-state index in [1.165, 1.54) is 13.2 Å². The number of hydrogen-bond acceptors (Lipinski definition) is 5. The van der Waals surface area contributed by atoms with Crippen LogP contribution >= 0.6 is 0 Å². The Hall–Kier alpha value is -3.17. The molecule has 158 valence electrons. The van der Waals surface area contributed by atoms with Crippen LogP contribution in [-0.2, 0) is 10.0 Å². The minimum Gasteiger partial charge on any atom is -0.495 e. The van der Waals surface area contributed by atoms with Crippen LogP contribution in [0.2, 0.25) is 0 Å². The molecule has 3 rings (SSSR count). The first-order valence-corrected chi connectivity index (χ1v) is 10.9. The molecule has 0 aliphatic rings. The average Bonchev–Trinajstić information content (AvgIpc) is 3.20. The van der Waals surface area contributed by atoms with Crippen molar-refractivity contribution in [3.63, 3.8) is 0 Å². The molecule has 9 heteroatoms. The van der Waals surface area contributed by atoms with Crippen LogP contribution in [0.4, 0.5) is 5.69 Å². The maximum Gasteiger partial charge on any atom is 0.273 e. The number of hydrogen-bond donors (Lipinski definition) is 3. The third-order valence-corrected chi connectivity index (χ3v) is 6.24. The molecule has 0 bridgehead atoms. The quantitative estimate of drug-likeness (QED) is 0.535. The Balaban J connectivity index is 1.88. The Morgan fingerprint density at radius 2 is 1.87 bits per heavy atom. The number of benzene rings is 2. The van der Waals surface area contributed by atoms with Crippen molar-refractivity contribution in [2.24, 2.45) is 0 Å². The monoisotopic (exact) mass is 428 g/mol. The highest BCUT2D eigenvalue weighted by atomic mass is 32.2. The molecule has 3 aromatic rings. The summed E-state index contributed by atoms with van der Waals surface area (Å²) in [6.07, 6.45) is 0. The summed E-state index contributed by atoms with van der Waals surface area (Å²) in [4.78, 5) is 12.6. The number of amides is 1. The van der Waals surface area contributed by atoms with Crippen LogP contribution in [0.1, 0.15) is 28.5 Å². The van der Waals surface area contributed by atoms with Gasteiger partial charge in [0.2, 0.25) is 10.0 Å². The van der Waals surface area contributed by atoms with Crippen molar-refractivity contribution >= 4 is 21.6 Å². The minimum atomic E-state index is -3.73. The van der Waals surface area contributed by atoms with Gasteiger partial charge in [0.05, 0.1) is 12.8 Å². The summed E-state index contributed by atoms with van der Waals surface area (Å²) in [7, 11) is -2.33. The maximum atomic E-state index is 12.6. The van der Waals surface area contributed by atoms with Gasteiger partial charge in [-0.15, -0.1) is 0 Å². The van der Waals surface area contributed by atoms with Crippen molar-refractivity contribution < 1.29 is 17.9 Å². The second-order valence-electron chi connectivity index (χ2n) is 6.79. The first-order chi connectivity index (χ1) is 14.2. The van der Waals surface area contributed by atoms with E-state index < -0.39 is 10.0 Å². The molecule has 0 aliphatic heterocycles. The third kappa shape index (κ3) is 4.52. The first-order valence-electron chi connectivity index (χ1n) is 9.37. The Morgan fingerprint density at radius 3 is 2.53 bits per heavy atom. The molecule has 1 amide bonds. The van der Waals surface area contributed by atoms with Gasteiger partial charge in [0, 0.05) is 17.8 Å². The van der Waals surface area contributed by atoms with E-state index in [9.17, 15) is 13.2 Å². The molecule has 2 aromatic carbocycles. The van der Waals surface area contributed by atoms with Gasteiger partial charge >= 0.3 is 0 Å². The number of methoxy groups -OCH3 is 1. The smallest absolute Gasteiger partial charge is 0.273 e. The zero-order valence-electron chi connectivity index (χ0n) is 17.2. The van der Waals surface area contributed by atoms with E-state index >= 15 is 0 Å². The topological polar surface area (TPSA) is 113 Å². The van der Waals surface area contributed by atoms with Crippen molar-refractivity contribution in [3.05, 3.63) is 59.3 Å². The van der Waals surface area contributed by atoms with Gasteiger partial charge in [-0.3, -0.25) is 9.89 Å². The number of aromatic nitrogens is 2. The van der Waals surface area contributed by atoms with E-state index in [0.29, 0.717) is 16.9 Å². The number of anilines is 1. The highest BCUT2D eigenvalue weighted by molar-refractivity contribution is 7.89. The van der Waals surface area contributed by atoms with E-state index in [4.69, 9.17) is 4.74 Å². The summed E-state index contributed by atoms with van der Waals surface area (Å²) in [5.74, 6) is -0.117. The van der Waals surface area contributed by atoms with E-state index in [1.54, 1.807) is 25.1 Å². The fourth-order valence-corrected chi connectivity index (χ4v) is 4.15. The van der Waals surface area contributed by atoms with Crippen LogP contribution in [0.3, 0.4) is 0 Å². The Morgan fingerprint density at radius 1 is 1.10 bits per heavy atom. The van der Waals surface area contributed by atoms with Crippen LogP contribution in [0.25, 0.3) is 11.3 Å². The van der Waals surface area contributed by atoms with Crippen LogP contribution in [0.5, 0.6) is 5.75 Å². The number of sulfonamides is 1. The molecule has 0 spiro atoms. The summed E-state index contributed by atoms with van der Waals surface area (Å²) in [6, 6.07) is 12.0. The molecule has 0 saturated heterocycles. The Labute approximate surface area is 175 Å². The second kappa shape index (κ2) is 8.68. The van der Waals surface area contributed by atoms with Crippen LogP contribution in [0.15, 0.2) is 47.4 Å². The van der Waals surface area contributed by atoms with Gasteiger partial charge in [0.1, 0.15) is 16.3 Å². The van der Waals surface area contributed by atoms with Gasteiger partial charge in [0.25, 0.3) is 5.91 Å². The van der Waals surface area contributed by atoms with Crippen molar-refractivity contribution in [2.45, 2.75) is 25.7 Å². The number of carbonyl (C=O) groups is 1. The van der Waals surface area contributed by atoms with Crippen LogP contribution < -0.4 is 14.8 Å². The summed E-state index contributed by atoms with van der Waals surface area (Å²) in [5, 5.41) is 9.69. The normalized spacial score (nSPS) is 11.3. The summed E-state index contributed by atoms with van der Waals surface area (Å²) in [6.45, 7) is 5.92. The highest BCUT2D eigenvalue weighted by Gasteiger charge is 2.20. The van der Waals surface area contributed by atoms with Gasteiger partial charge in [-0.1, -0.05) is 13.0 Å². The lowest BCUT2D eigenvalue weighted by atomic mass is 10.1. The van der Waals surface area contributed by atoms with Crippen molar-refractivity contribution in [1.29, 1.82) is 0 Å². The number of nitrogens with zero attached hydrogens (tertiary/aromatic N) is 1. The zero-order valence-corrected chi connectivity index (χ0v) is 18.1. The molecule has 0 saturated carbocycles. The van der Waals surface area contributed by atoms with Gasteiger partial charge in [-0.25, -0.2) is 13.1 Å². The Bertz CT molecular complexity index is 1190. The molecular weight excluding hydrogens is 404 g/mol. The lowest BCUT2D eigenvalue weighted by Gasteiger charge is -2.11. The average molecular weight is 429 g/mol. The molecule has 8 nitrogen and oxygen atoms in total. The van der Waals surface area contributed by atoms with Crippen LogP contribution in [0, 0.1) is 13.8 Å². The van der Waals surface area contributed by atoms with Gasteiger partial charge in [-0.2, -0.15) is 5.10 Å². The Kier molecular flexibility index (Phi) is 6.23. The van der Waals surface area contributed by atoms with E-state index in [1.807, 2.05) is 32.0 Å². The van der Waals surface area contributed by atoms with Gasteiger partial charge < -0.3 is 10.1 Å². The molecule has 1 heterocycles. The third-order valence-electron chi connectivity index (χ3n) is 4.67. The summed E-state index contributed by atoms with van der Waals surface area (Å²) >= 11 is 0. The molecule has 3 N–H and O–H groups in total. The molecule has 0 unspecified atom stereocenters. The maximum absolute atomic E-state index is 12.6. The van der Waals surface area contributed by atoms with E-state index in [-0.39, 0.29) is 28.8 Å². The number of rotatable bonds is 7. The number of aryl methyl sites for hydroxylation is 2. The van der Waals surface area contributed by atoms with Gasteiger partial charge in [-0.05, 0) is 61.4 Å². The van der Waals surface area contributed by atoms with Crippen LogP contribution in [-0.4, -0.2) is 38.2 Å². The van der Waals surface area contributed by atoms with E-state index in [0.717, 1.165) is 11.1 Å². The zero-order chi connectivity index (χ0) is 21.9. The number of nitrogens with one attached hydrogen (secondary N) is 3. The molecule has 0 aliphatic carbocycles. The van der Waals surface area contributed by atoms with Crippen molar-refractivity contribution in [3.8, 4) is 17.0 Å². The molecule has 0 fully saturated rings. The molecule has 0 radical (unpaired) electrons. The molecule has 30 heavy (non-hydrogen) atoms. The minimum absolute atomic E-state index is 0.00785. The fourth-order valence-electron chi connectivity index (χ4n) is 2.92. The number of ether oxygens (including phenoxy) is 1. The number of H-pyrrole nitrogens is 1. The largest absolute Gasteiger partial charge is 0.495 e. The van der Waals surface area contributed by atoms with Gasteiger partial charge in [0.15, 0.2) is 0 Å². The number of carbonyl (C=O) groups excluding carboxylic acids is 1. The fraction of sp³-hybridized carbons (Fsp3) is 0.238. The van der Waals surface area contributed by atoms with Crippen molar-refractivity contribution in [1.82, 2.24) is 14.9 Å². The first kappa shape index (κ1) is 21.5. The highest BCUT2D eigenvalue weighted by Crippen LogP contribution is 2.29. The summed E-state index contributed by atoms with van der Waals surface area (Å²) in [5.41, 5.74) is 4.13. The lowest BCUT2D eigenvalue weighted by Crippen LogP contribution is -2.23. The summed E-state index contributed by atoms with van der Waals surface area (Å²) < 4.78 is 32.6. The predicted octanol–water partition coefficient (Wildman–Crippen LogP) is 3.25. The predicted molar refractivity (Wildman–Crippen MR) is 115 cm³/mol. The van der Waals surface area contributed by atoms with Crippen molar-refractivity contribution in [2.75, 3.05) is 19.0 Å². The molecular formula is C21H24N4O4S. The second-order valence-corrected chi connectivity index (χ2v) is 8.52.